The molecule has 0 aliphatic rings. The first-order valence-corrected chi connectivity index (χ1v) is 5.24. The van der Waals surface area contributed by atoms with E-state index in [1.807, 2.05) is 0 Å². The largest absolute Gasteiger partial charge is 0.330 e. The average molecular weight is 171 g/mol. The third-order valence-corrected chi connectivity index (χ3v) is 3.64. The van der Waals surface area contributed by atoms with E-state index in [2.05, 4.69) is 34.6 Å². The first-order chi connectivity index (χ1) is 5.54. The fourth-order valence-electron chi connectivity index (χ4n) is 1.62. The van der Waals surface area contributed by atoms with Crippen LogP contribution in [0.4, 0.5) is 0 Å². The summed E-state index contributed by atoms with van der Waals surface area (Å²) in [6.45, 7) is 12.4. The number of hydrogen-bond donors (Lipinski definition) is 1. The van der Waals surface area contributed by atoms with Gasteiger partial charge in [0.05, 0.1) is 0 Å². The normalized spacial score (nSPS) is 21.5. The second kappa shape index (κ2) is 5.58. The number of hydrogen-bond acceptors (Lipinski definition) is 1. The fraction of sp³-hybridized carbons (Fsp3) is 1.00. The van der Waals surface area contributed by atoms with E-state index < -0.39 is 0 Å². The summed E-state index contributed by atoms with van der Waals surface area (Å²) in [5, 5.41) is 0. The minimum absolute atomic E-state index is 0.661. The molecule has 0 aliphatic carbocycles. The maximum Gasteiger partial charge on any atom is -0.00489 e. The highest BCUT2D eigenvalue weighted by atomic mass is 14.5. The lowest BCUT2D eigenvalue weighted by atomic mass is 9.77. The van der Waals surface area contributed by atoms with Crippen molar-refractivity contribution in [1.82, 2.24) is 0 Å². The summed E-state index contributed by atoms with van der Waals surface area (Å²) >= 11 is 0. The van der Waals surface area contributed by atoms with Gasteiger partial charge < -0.3 is 5.73 Å². The van der Waals surface area contributed by atoms with Crippen LogP contribution in [0.5, 0.6) is 0 Å². The average Bonchev–Trinajstić information content (AvgIpc) is 2.12. The highest BCUT2D eigenvalue weighted by molar-refractivity contribution is 4.72. The van der Waals surface area contributed by atoms with Crippen LogP contribution in [0.25, 0.3) is 0 Å². The van der Waals surface area contributed by atoms with Crippen LogP contribution in [0.1, 0.15) is 41.0 Å². The quantitative estimate of drug-likeness (QED) is 0.676. The molecular formula is C11H25N. The number of nitrogens with two attached hydrogens (primary N) is 1. The van der Waals surface area contributed by atoms with Crippen molar-refractivity contribution in [1.29, 1.82) is 0 Å². The predicted octanol–water partition coefficient (Wildman–Crippen LogP) is 2.90. The standard InChI is InChI=1S/C11H25N/c1-6-8(2)10(4)11(5)9(3)7-12/h8-11H,6-7,12H2,1-5H3/t8-,9?,10+,11?/m1/s1. The molecule has 0 aromatic heterocycles. The lowest BCUT2D eigenvalue weighted by molar-refractivity contribution is 0.212. The molecule has 0 rings (SSSR count). The molecule has 0 aromatic carbocycles. The summed E-state index contributed by atoms with van der Waals surface area (Å²) in [6, 6.07) is 0. The van der Waals surface area contributed by atoms with Crippen molar-refractivity contribution in [3.05, 3.63) is 0 Å². The van der Waals surface area contributed by atoms with Gasteiger partial charge >= 0.3 is 0 Å². The Balaban J connectivity index is 3.99. The van der Waals surface area contributed by atoms with Gasteiger partial charge in [-0.2, -0.15) is 0 Å². The molecular weight excluding hydrogens is 146 g/mol. The molecule has 0 heterocycles. The van der Waals surface area contributed by atoms with Gasteiger partial charge in [-0.3, -0.25) is 0 Å². The fourth-order valence-corrected chi connectivity index (χ4v) is 1.62. The molecule has 74 valence electrons. The Morgan fingerprint density at radius 3 is 1.67 bits per heavy atom. The van der Waals surface area contributed by atoms with Gasteiger partial charge in [0.1, 0.15) is 0 Å². The van der Waals surface area contributed by atoms with E-state index >= 15 is 0 Å². The van der Waals surface area contributed by atoms with Gasteiger partial charge in [0, 0.05) is 0 Å². The Kier molecular flexibility index (Phi) is 5.56. The van der Waals surface area contributed by atoms with E-state index in [1.165, 1.54) is 6.42 Å². The van der Waals surface area contributed by atoms with Crippen LogP contribution < -0.4 is 5.73 Å². The van der Waals surface area contributed by atoms with Gasteiger partial charge in [-0.25, -0.2) is 0 Å². The molecule has 0 saturated heterocycles. The van der Waals surface area contributed by atoms with E-state index in [9.17, 15) is 0 Å². The van der Waals surface area contributed by atoms with Crippen molar-refractivity contribution in [2.45, 2.75) is 41.0 Å². The molecule has 0 aliphatic heterocycles. The third kappa shape index (κ3) is 3.14. The summed E-state index contributed by atoms with van der Waals surface area (Å²) in [5.74, 6) is 3.04. The summed E-state index contributed by atoms with van der Waals surface area (Å²) in [6.07, 6.45) is 1.28. The molecule has 1 heteroatoms. The van der Waals surface area contributed by atoms with E-state index in [0.717, 1.165) is 24.3 Å². The molecule has 0 radical (unpaired) electrons. The SMILES string of the molecule is CC[C@@H](C)[C@H](C)C(C)C(C)CN. The van der Waals surface area contributed by atoms with Crippen molar-refractivity contribution in [3.8, 4) is 0 Å². The molecule has 0 spiro atoms. The van der Waals surface area contributed by atoms with E-state index in [0.29, 0.717) is 5.92 Å². The summed E-state index contributed by atoms with van der Waals surface area (Å²) in [7, 11) is 0. The zero-order valence-corrected chi connectivity index (χ0v) is 9.30. The molecule has 2 N–H and O–H groups in total. The third-order valence-electron chi connectivity index (χ3n) is 3.64. The van der Waals surface area contributed by atoms with Crippen molar-refractivity contribution in [3.63, 3.8) is 0 Å². The molecule has 0 saturated carbocycles. The first-order valence-electron chi connectivity index (χ1n) is 5.24. The Bertz CT molecular complexity index is 97.6. The van der Waals surface area contributed by atoms with Crippen molar-refractivity contribution in [2.24, 2.45) is 29.4 Å². The summed E-state index contributed by atoms with van der Waals surface area (Å²) < 4.78 is 0. The summed E-state index contributed by atoms with van der Waals surface area (Å²) in [5.41, 5.74) is 5.65. The van der Waals surface area contributed by atoms with Crippen LogP contribution in [-0.2, 0) is 0 Å². The molecule has 0 aromatic rings. The van der Waals surface area contributed by atoms with Crippen LogP contribution in [0, 0.1) is 23.7 Å². The zero-order valence-electron chi connectivity index (χ0n) is 9.30. The summed E-state index contributed by atoms with van der Waals surface area (Å²) in [4.78, 5) is 0. The van der Waals surface area contributed by atoms with Crippen molar-refractivity contribution < 1.29 is 0 Å². The minimum atomic E-state index is 0.661. The van der Waals surface area contributed by atoms with Crippen LogP contribution in [0.15, 0.2) is 0 Å². The smallest absolute Gasteiger partial charge is 0.00489 e. The van der Waals surface area contributed by atoms with Gasteiger partial charge in [0.2, 0.25) is 0 Å². The molecule has 0 fully saturated rings. The second-order valence-electron chi connectivity index (χ2n) is 4.32. The van der Waals surface area contributed by atoms with Crippen molar-refractivity contribution >= 4 is 0 Å². The molecule has 0 bridgehead atoms. The minimum Gasteiger partial charge on any atom is -0.330 e. The number of rotatable bonds is 5. The maximum atomic E-state index is 5.65. The molecule has 2 unspecified atom stereocenters. The van der Waals surface area contributed by atoms with Gasteiger partial charge in [0.15, 0.2) is 0 Å². The van der Waals surface area contributed by atoms with E-state index in [4.69, 9.17) is 5.73 Å². The molecule has 12 heavy (non-hydrogen) atoms. The van der Waals surface area contributed by atoms with Crippen LogP contribution in [0.2, 0.25) is 0 Å². The molecule has 0 amide bonds. The monoisotopic (exact) mass is 171 g/mol. The van der Waals surface area contributed by atoms with Crippen molar-refractivity contribution in [2.75, 3.05) is 6.54 Å². The lowest BCUT2D eigenvalue weighted by Gasteiger charge is -2.29. The van der Waals surface area contributed by atoms with Crippen LogP contribution in [-0.4, -0.2) is 6.54 Å². The molecule has 1 nitrogen and oxygen atoms in total. The lowest BCUT2D eigenvalue weighted by Crippen LogP contribution is -2.26. The van der Waals surface area contributed by atoms with Crippen LogP contribution in [0.3, 0.4) is 0 Å². The van der Waals surface area contributed by atoms with Gasteiger partial charge in [0.25, 0.3) is 0 Å². The topological polar surface area (TPSA) is 26.0 Å². The van der Waals surface area contributed by atoms with E-state index in [1.54, 1.807) is 0 Å². The molecule has 4 atom stereocenters. The van der Waals surface area contributed by atoms with Gasteiger partial charge in [-0.15, -0.1) is 0 Å². The Morgan fingerprint density at radius 1 is 0.917 bits per heavy atom. The highest BCUT2D eigenvalue weighted by Gasteiger charge is 2.21. The Labute approximate surface area is 77.7 Å². The van der Waals surface area contributed by atoms with Gasteiger partial charge in [-0.05, 0) is 30.2 Å². The predicted molar refractivity (Wildman–Crippen MR) is 56.0 cm³/mol. The Hall–Kier alpha value is -0.0400. The Morgan fingerprint density at radius 2 is 1.33 bits per heavy atom. The second-order valence-corrected chi connectivity index (χ2v) is 4.32. The van der Waals surface area contributed by atoms with E-state index in [-0.39, 0.29) is 0 Å². The zero-order chi connectivity index (χ0) is 9.72. The van der Waals surface area contributed by atoms with Crippen LogP contribution >= 0.6 is 0 Å². The van der Waals surface area contributed by atoms with Gasteiger partial charge in [-0.1, -0.05) is 41.0 Å². The maximum absolute atomic E-state index is 5.65. The highest BCUT2D eigenvalue weighted by Crippen LogP contribution is 2.27. The first kappa shape index (κ1) is 12.0.